The van der Waals surface area contributed by atoms with Gasteiger partial charge in [-0.25, -0.2) is 4.90 Å². The number of hydrogen-bond donors (Lipinski definition) is 0. The van der Waals surface area contributed by atoms with Crippen molar-refractivity contribution in [1.82, 2.24) is 0 Å². The zero-order valence-electron chi connectivity index (χ0n) is 15.3. The zero-order valence-corrected chi connectivity index (χ0v) is 15.3. The van der Waals surface area contributed by atoms with E-state index in [1.165, 1.54) is 17.0 Å². The van der Waals surface area contributed by atoms with Crippen molar-refractivity contribution in [3.63, 3.8) is 0 Å². The van der Waals surface area contributed by atoms with E-state index in [9.17, 15) is 19.7 Å². The molecule has 142 valence electrons. The third-order valence-electron chi connectivity index (χ3n) is 5.14. The van der Waals surface area contributed by atoms with Crippen molar-refractivity contribution in [3.8, 4) is 0 Å². The molecule has 1 spiro atoms. The van der Waals surface area contributed by atoms with Crippen molar-refractivity contribution < 1.29 is 19.3 Å². The molecule has 1 atom stereocenters. The van der Waals surface area contributed by atoms with Gasteiger partial charge in [-0.3, -0.25) is 19.7 Å². The van der Waals surface area contributed by atoms with E-state index in [4.69, 9.17) is 4.84 Å². The molecule has 2 aliphatic rings. The molecule has 1 fully saturated rings. The van der Waals surface area contributed by atoms with Gasteiger partial charge >= 0.3 is 0 Å². The fourth-order valence-corrected chi connectivity index (χ4v) is 3.72. The molecule has 2 heterocycles. The minimum absolute atomic E-state index is 0.0358. The first-order valence-electron chi connectivity index (χ1n) is 8.76. The van der Waals surface area contributed by atoms with Crippen LogP contribution in [-0.4, -0.2) is 28.1 Å². The second-order valence-electron chi connectivity index (χ2n) is 7.06. The summed E-state index contributed by atoms with van der Waals surface area (Å²) < 4.78 is 0. The van der Waals surface area contributed by atoms with Crippen molar-refractivity contribution in [2.24, 2.45) is 5.16 Å². The number of rotatable bonds is 3. The maximum Gasteiger partial charge on any atom is 0.281 e. The number of anilines is 1. The van der Waals surface area contributed by atoms with Crippen molar-refractivity contribution >= 4 is 28.9 Å². The molecule has 8 nitrogen and oxygen atoms in total. The maximum atomic E-state index is 13.2. The lowest BCUT2D eigenvalue weighted by molar-refractivity contribution is -0.384. The first-order valence-corrected chi connectivity index (χ1v) is 8.76. The Morgan fingerprint density at radius 1 is 1.07 bits per heavy atom. The number of hydrogen-bond acceptors (Lipinski definition) is 6. The Bertz CT molecular complexity index is 1020. The van der Waals surface area contributed by atoms with Crippen LogP contribution in [0.3, 0.4) is 0 Å². The number of nitrogens with zero attached hydrogens (tertiary/aromatic N) is 3. The molecule has 0 unspecified atom stereocenters. The zero-order chi connectivity index (χ0) is 20.1. The molecular weight excluding hydrogens is 362 g/mol. The van der Waals surface area contributed by atoms with Gasteiger partial charge in [0.1, 0.15) is 0 Å². The topological polar surface area (TPSA) is 102 Å². The van der Waals surface area contributed by atoms with E-state index in [0.29, 0.717) is 17.0 Å². The number of carbonyl (C=O) groups is 2. The van der Waals surface area contributed by atoms with Crippen LogP contribution < -0.4 is 4.90 Å². The standard InChI is InChI=1S/C20H17N3O5/c1-12-4-3-5-13(2)18(12)22-17(24)11-20(19(22)25)10-16(21-28-20)14-6-8-15(9-7-14)23(26)27/h3-9H,10-11H2,1-2H3/t20-/m1/s1. The molecular formula is C20H17N3O5. The van der Waals surface area contributed by atoms with Gasteiger partial charge in [0.15, 0.2) is 0 Å². The smallest absolute Gasteiger partial charge is 0.281 e. The number of nitro benzene ring substituents is 1. The largest absolute Gasteiger partial charge is 0.378 e. The van der Waals surface area contributed by atoms with Gasteiger partial charge in [-0.1, -0.05) is 23.4 Å². The van der Waals surface area contributed by atoms with Crippen LogP contribution in [0.5, 0.6) is 0 Å². The predicted octanol–water partition coefficient (Wildman–Crippen LogP) is 3.04. The molecule has 0 aromatic heterocycles. The number of oxime groups is 1. The van der Waals surface area contributed by atoms with Gasteiger partial charge in [0.25, 0.3) is 11.6 Å². The molecule has 0 radical (unpaired) electrons. The van der Waals surface area contributed by atoms with Crippen molar-refractivity contribution in [2.75, 3.05) is 4.90 Å². The van der Waals surface area contributed by atoms with Crippen LogP contribution in [0.15, 0.2) is 47.6 Å². The number of amides is 2. The SMILES string of the molecule is Cc1cccc(C)c1N1C(=O)C[C@]2(CC(c3ccc([N+](=O)[O-])cc3)=NO2)C1=O. The average molecular weight is 379 g/mol. The summed E-state index contributed by atoms with van der Waals surface area (Å²) in [6.07, 6.45) is 0.0381. The highest BCUT2D eigenvalue weighted by Crippen LogP contribution is 2.41. The van der Waals surface area contributed by atoms with Gasteiger partial charge in [0, 0.05) is 18.6 Å². The van der Waals surface area contributed by atoms with Crippen LogP contribution >= 0.6 is 0 Å². The summed E-state index contributed by atoms with van der Waals surface area (Å²) in [7, 11) is 0. The van der Waals surface area contributed by atoms with E-state index in [2.05, 4.69) is 5.16 Å². The number of non-ortho nitro benzene ring substituents is 1. The summed E-state index contributed by atoms with van der Waals surface area (Å²) in [5.41, 5.74) is 1.95. The Morgan fingerprint density at radius 3 is 2.32 bits per heavy atom. The molecule has 4 rings (SSSR count). The van der Waals surface area contributed by atoms with Gasteiger partial charge < -0.3 is 4.84 Å². The Morgan fingerprint density at radius 2 is 1.71 bits per heavy atom. The second kappa shape index (κ2) is 6.26. The van der Waals surface area contributed by atoms with Gasteiger partial charge in [0.05, 0.1) is 22.7 Å². The first kappa shape index (κ1) is 17.8. The minimum Gasteiger partial charge on any atom is -0.378 e. The number of para-hydroxylation sites is 1. The van der Waals surface area contributed by atoms with Crippen LogP contribution in [-0.2, 0) is 14.4 Å². The highest BCUT2D eigenvalue weighted by Gasteiger charge is 2.58. The van der Waals surface area contributed by atoms with Crippen LogP contribution in [0.25, 0.3) is 0 Å². The third kappa shape index (κ3) is 2.65. The van der Waals surface area contributed by atoms with Crippen molar-refractivity contribution in [3.05, 3.63) is 69.3 Å². The highest BCUT2D eigenvalue weighted by molar-refractivity contribution is 6.26. The molecule has 1 saturated heterocycles. The highest BCUT2D eigenvalue weighted by atomic mass is 16.7. The Balaban J connectivity index is 1.62. The monoisotopic (exact) mass is 379 g/mol. The quantitative estimate of drug-likeness (QED) is 0.463. The van der Waals surface area contributed by atoms with E-state index in [0.717, 1.165) is 11.1 Å². The van der Waals surface area contributed by atoms with E-state index in [1.807, 2.05) is 32.0 Å². The van der Waals surface area contributed by atoms with E-state index >= 15 is 0 Å². The number of carbonyl (C=O) groups excluding carboxylic acids is 2. The molecule has 0 bridgehead atoms. The maximum absolute atomic E-state index is 13.2. The summed E-state index contributed by atoms with van der Waals surface area (Å²) in [6, 6.07) is 11.4. The van der Waals surface area contributed by atoms with Crippen molar-refractivity contribution in [2.45, 2.75) is 32.3 Å². The fourth-order valence-electron chi connectivity index (χ4n) is 3.72. The number of imide groups is 1. The molecule has 2 aliphatic heterocycles. The summed E-state index contributed by atoms with van der Waals surface area (Å²) in [4.78, 5) is 42.9. The lowest BCUT2D eigenvalue weighted by atomic mass is 9.92. The number of nitro groups is 1. The van der Waals surface area contributed by atoms with E-state index in [-0.39, 0.29) is 24.4 Å². The lowest BCUT2D eigenvalue weighted by Crippen LogP contribution is -2.41. The summed E-state index contributed by atoms with van der Waals surface area (Å²) in [5, 5.41) is 14.8. The fraction of sp³-hybridized carbons (Fsp3) is 0.250. The summed E-state index contributed by atoms with van der Waals surface area (Å²) in [6.45, 7) is 3.70. The number of aryl methyl sites for hydroxylation is 2. The predicted molar refractivity (Wildman–Crippen MR) is 101 cm³/mol. The van der Waals surface area contributed by atoms with E-state index in [1.54, 1.807) is 12.1 Å². The Kier molecular flexibility index (Phi) is 3.99. The average Bonchev–Trinajstić information content (AvgIpc) is 3.18. The van der Waals surface area contributed by atoms with Gasteiger partial charge in [-0.05, 0) is 42.7 Å². The molecule has 0 N–H and O–H groups in total. The molecule has 28 heavy (non-hydrogen) atoms. The van der Waals surface area contributed by atoms with Crippen LogP contribution in [0.1, 0.15) is 29.5 Å². The second-order valence-corrected chi connectivity index (χ2v) is 7.06. The summed E-state index contributed by atoms with van der Waals surface area (Å²) in [5.74, 6) is -0.766. The molecule has 2 aromatic rings. The summed E-state index contributed by atoms with van der Waals surface area (Å²) >= 11 is 0. The molecule has 0 saturated carbocycles. The molecule has 0 aliphatic carbocycles. The van der Waals surface area contributed by atoms with Crippen LogP contribution in [0, 0.1) is 24.0 Å². The Hall–Kier alpha value is -3.55. The molecule has 8 heteroatoms. The van der Waals surface area contributed by atoms with Gasteiger partial charge in [-0.15, -0.1) is 0 Å². The van der Waals surface area contributed by atoms with Gasteiger partial charge in [-0.2, -0.15) is 0 Å². The normalized spacial score (nSPS) is 21.2. The van der Waals surface area contributed by atoms with Crippen molar-refractivity contribution in [1.29, 1.82) is 0 Å². The lowest BCUT2D eigenvalue weighted by Gasteiger charge is -2.22. The number of benzene rings is 2. The van der Waals surface area contributed by atoms with E-state index < -0.39 is 16.4 Å². The minimum atomic E-state index is -1.36. The molecule has 2 amide bonds. The Labute approximate surface area is 160 Å². The van der Waals surface area contributed by atoms with Crippen LogP contribution in [0.2, 0.25) is 0 Å². The first-order chi connectivity index (χ1) is 13.3. The van der Waals surface area contributed by atoms with Gasteiger partial charge in [0.2, 0.25) is 11.5 Å². The third-order valence-corrected chi connectivity index (χ3v) is 5.14. The van der Waals surface area contributed by atoms with Crippen LogP contribution in [0.4, 0.5) is 11.4 Å². The molecule has 2 aromatic carbocycles.